The van der Waals surface area contributed by atoms with Crippen LogP contribution in [0.3, 0.4) is 0 Å². The number of hydrogen-bond donors (Lipinski definition) is 2. The Morgan fingerprint density at radius 2 is 1.85 bits per heavy atom. The van der Waals surface area contributed by atoms with Crippen LogP contribution in [0.5, 0.6) is 0 Å². The molecule has 0 unspecified atom stereocenters. The number of benzene rings is 1. The van der Waals surface area contributed by atoms with Gasteiger partial charge >= 0.3 is 0 Å². The highest BCUT2D eigenvalue weighted by molar-refractivity contribution is 7.89. The first-order valence-corrected chi connectivity index (χ1v) is 10.7. The van der Waals surface area contributed by atoms with Crippen LogP contribution in [0.1, 0.15) is 32.3 Å². The third-order valence-corrected chi connectivity index (χ3v) is 6.05. The van der Waals surface area contributed by atoms with E-state index < -0.39 is 10.0 Å². The van der Waals surface area contributed by atoms with Crippen molar-refractivity contribution in [1.29, 1.82) is 0 Å². The van der Waals surface area contributed by atoms with Crippen LogP contribution in [0.15, 0.2) is 34.2 Å². The van der Waals surface area contributed by atoms with Crippen molar-refractivity contribution in [3.05, 3.63) is 29.8 Å². The molecule has 0 saturated carbocycles. The Morgan fingerprint density at radius 3 is 2.46 bits per heavy atom. The summed E-state index contributed by atoms with van der Waals surface area (Å²) in [6.45, 7) is 8.48. The molecule has 1 aromatic rings. The molecule has 0 radical (unpaired) electrons. The Hall–Kier alpha value is -1.64. The second-order valence-electron chi connectivity index (χ2n) is 6.07. The fourth-order valence-corrected chi connectivity index (χ4v) is 4.26. The summed E-state index contributed by atoms with van der Waals surface area (Å²) in [5.74, 6) is 0.723. The van der Waals surface area contributed by atoms with E-state index in [1.807, 2.05) is 26.0 Å². The third-order valence-electron chi connectivity index (χ3n) is 4.13. The van der Waals surface area contributed by atoms with Gasteiger partial charge in [0.1, 0.15) is 0 Å². The van der Waals surface area contributed by atoms with Crippen LogP contribution in [0.2, 0.25) is 0 Å². The lowest BCUT2D eigenvalue weighted by molar-refractivity contribution is 0.152. The molecule has 26 heavy (non-hydrogen) atoms. The fraction of sp³-hybridized carbons (Fsp3) is 0.611. The van der Waals surface area contributed by atoms with Crippen LogP contribution in [-0.4, -0.2) is 58.1 Å². The number of guanidine groups is 1. The van der Waals surface area contributed by atoms with E-state index in [4.69, 9.17) is 4.74 Å². The normalized spacial score (nSPS) is 16.0. The van der Waals surface area contributed by atoms with E-state index in [1.165, 1.54) is 0 Å². The van der Waals surface area contributed by atoms with Crippen molar-refractivity contribution in [2.45, 2.75) is 38.1 Å². The molecule has 7 nitrogen and oxygen atoms in total. The van der Waals surface area contributed by atoms with Gasteiger partial charge in [0.2, 0.25) is 10.0 Å². The third kappa shape index (κ3) is 5.96. The molecule has 0 atom stereocenters. The van der Waals surface area contributed by atoms with E-state index in [2.05, 4.69) is 15.6 Å². The van der Waals surface area contributed by atoms with Crippen LogP contribution in [0.25, 0.3) is 0 Å². The molecule has 0 bridgehead atoms. The fourth-order valence-electron chi connectivity index (χ4n) is 2.74. The van der Waals surface area contributed by atoms with Gasteiger partial charge in [0, 0.05) is 32.8 Å². The Kier molecular flexibility index (Phi) is 8.34. The summed E-state index contributed by atoms with van der Waals surface area (Å²) in [6, 6.07) is 7.01. The maximum Gasteiger partial charge on any atom is 0.243 e. The molecular weight excluding hydrogens is 352 g/mol. The maximum absolute atomic E-state index is 12.5. The predicted molar refractivity (Wildman–Crippen MR) is 104 cm³/mol. The van der Waals surface area contributed by atoms with Crippen molar-refractivity contribution < 1.29 is 13.2 Å². The van der Waals surface area contributed by atoms with Crippen molar-refractivity contribution in [2.24, 2.45) is 4.99 Å². The summed E-state index contributed by atoms with van der Waals surface area (Å²) < 4.78 is 31.9. The van der Waals surface area contributed by atoms with Crippen molar-refractivity contribution in [3.8, 4) is 0 Å². The van der Waals surface area contributed by atoms with E-state index in [-0.39, 0.29) is 0 Å². The maximum atomic E-state index is 12.5. The molecular formula is C18H30N4O3S. The molecule has 0 amide bonds. The summed E-state index contributed by atoms with van der Waals surface area (Å²) in [5.41, 5.74) is 0.965. The van der Waals surface area contributed by atoms with Gasteiger partial charge in [0.15, 0.2) is 5.96 Å². The van der Waals surface area contributed by atoms with Crippen LogP contribution >= 0.6 is 0 Å². The van der Waals surface area contributed by atoms with Gasteiger partial charge in [-0.25, -0.2) is 13.4 Å². The largest absolute Gasteiger partial charge is 0.380 e. The minimum atomic E-state index is -3.35. The Balaban J connectivity index is 1.96. The van der Waals surface area contributed by atoms with Gasteiger partial charge < -0.3 is 15.4 Å². The molecule has 1 aliphatic heterocycles. The van der Waals surface area contributed by atoms with Gasteiger partial charge in [0.05, 0.1) is 18.0 Å². The van der Waals surface area contributed by atoms with Crippen LogP contribution in [0.4, 0.5) is 0 Å². The first kappa shape index (κ1) is 20.7. The van der Waals surface area contributed by atoms with Gasteiger partial charge in [-0.15, -0.1) is 0 Å². The minimum absolute atomic E-state index is 0.355. The summed E-state index contributed by atoms with van der Waals surface area (Å²) in [7, 11) is -3.35. The summed E-state index contributed by atoms with van der Waals surface area (Å²) in [5, 5.41) is 6.39. The van der Waals surface area contributed by atoms with Crippen LogP contribution in [-0.2, 0) is 21.3 Å². The first-order valence-electron chi connectivity index (χ1n) is 9.27. The Morgan fingerprint density at radius 1 is 1.15 bits per heavy atom. The Bertz CT molecular complexity index is 668. The minimum Gasteiger partial charge on any atom is -0.380 e. The van der Waals surface area contributed by atoms with E-state index in [9.17, 15) is 8.42 Å². The van der Waals surface area contributed by atoms with Gasteiger partial charge in [-0.1, -0.05) is 12.1 Å². The van der Waals surface area contributed by atoms with Gasteiger partial charge in [-0.3, -0.25) is 0 Å². The van der Waals surface area contributed by atoms with Crippen LogP contribution in [0, 0.1) is 0 Å². The number of rotatable bonds is 9. The predicted octanol–water partition coefficient (Wildman–Crippen LogP) is 1.56. The summed E-state index contributed by atoms with van der Waals surface area (Å²) >= 11 is 0. The number of aliphatic imine (C=N–C) groups is 1. The lowest BCUT2D eigenvalue weighted by Crippen LogP contribution is -2.39. The highest BCUT2D eigenvalue weighted by Crippen LogP contribution is 2.21. The van der Waals surface area contributed by atoms with Gasteiger partial charge in [0.25, 0.3) is 0 Å². The number of sulfonamides is 1. The molecule has 8 heteroatoms. The summed E-state index contributed by atoms with van der Waals surface area (Å²) in [4.78, 5) is 4.89. The number of nitrogens with one attached hydrogen (secondary N) is 2. The number of nitrogens with zero attached hydrogens (tertiary/aromatic N) is 2. The van der Waals surface area contributed by atoms with Crippen molar-refractivity contribution in [2.75, 3.05) is 39.4 Å². The van der Waals surface area contributed by atoms with E-state index in [0.717, 1.165) is 30.9 Å². The molecule has 1 aliphatic rings. The molecule has 0 spiro atoms. The lowest BCUT2D eigenvalue weighted by atomic mass is 10.2. The van der Waals surface area contributed by atoms with E-state index >= 15 is 0 Å². The second-order valence-corrected chi connectivity index (χ2v) is 8.01. The molecule has 0 aromatic heterocycles. The highest BCUT2D eigenvalue weighted by atomic mass is 32.2. The molecule has 2 N–H and O–H groups in total. The average molecular weight is 383 g/mol. The van der Waals surface area contributed by atoms with Crippen molar-refractivity contribution in [1.82, 2.24) is 14.9 Å². The molecule has 1 heterocycles. The van der Waals surface area contributed by atoms with Crippen LogP contribution < -0.4 is 10.6 Å². The molecule has 1 fully saturated rings. The molecule has 146 valence electrons. The van der Waals surface area contributed by atoms with Gasteiger partial charge in [-0.05, 0) is 44.4 Å². The Labute approximate surface area is 156 Å². The highest BCUT2D eigenvalue weighted by Gasteiger charge is 2.26. The molecule has 0 aliphatic carbocycles. The topological polar surface area (TPSA) is 83.0 Å². The van der Waals surface area contributed by atoms with Crippen molar-refractivity contribution >= 4 is 16.0 Å². The number of hydrogen-bond acceptors (Lipinski definition) is 4. The summed E-state index contributed by atoms with van der Waals surface area (Å²) in [6.07, 6.45) is 1.88. The zero-order valence-corrected chi connectivity index (χ0v) is 16.5. The van der Waals surface area contributed by atoms with Gasteiger partial charge in [-0.2, -0.15) is 4.31 Å². The second kappa shape index (κ2) is 10.5. The molecule has 1 saturated heterocycles. The van der Waals surface area contributed by atoms with E-state index in [0.29, 0.717) is 44.3 Å². The average Bonchev–Trinajstić information content (AvgIpc) is 3.19. The molecule has 1 aromatic carbocycles. The monoisotopic (exact) mass is 382 g/mol. The quantitative estimate of drug-likeness (QED) is 0.385. The van der Waals surface area contributed by atoms with E-state index in [1.54, 1.807) is 16.4 Å². The zero-order valence-electron chi connectivity index (χ0n) is 15.7. The SMILES string of the molecule is CCNC(=NCc1ccc(S(=O)(=O)N2CCCC2)cc1)NCCOCC. The lowest BCUT2D eigenvalue weighted by Gasteiger charge is -2.15. The zero-order chi connectivity index (χ0) is 18.8. The van der Waals surface area contributed by atoms with Crippen molar-refractivity contribution in [3.63, 3.8) is 0 Å². The number of ether oxygens (including phenoxy) is 1. The first-order chi connectivity index (χ1) is 12.6. The smallest absolute Gasteiger partial charge is 0.243 e. The standard InChI is InChI=1S/C18H30N4O3S/c1-3-19-18(20-11-14-25-4-2)21-15-16-7-9-17(10-8-16)26(23,24)22-12-5-6-13-22/h7-10H,3-6,11-15H2,1-2H3,(H2,19,20,21). The molecule has 2 rings (SSSR count).